The number of nitrogens with zero attached hydrogens (tertiary/aromatic N) is 2. The van der Waals surface area contributed by atoms with E-state index in [1.807, 2.05) is 12.4 Å². The largest absolute Gasteiger partial charge is 0.256 e. The van der Waals surface area contributed by atoms with E-state index in [1.54, 1.807) is 0 Å². The van der Waals surface area contributed by atoms with Crippen molar-refractivity contribution in [1.82, 2.24) is 9.97 Å². The van der Waals surface area contributed by atoms with E-state index in [1.165, 1.54) is 11.4 Å². The second-order valence-electron chi connectivity index (χ2n) is 5.50. The molecule has 2 heteroatoms. The molecule has 0 aromatic carbocycles. The first-order valence-electron chi connectivity index (χ1n) is 6.99. The molecule has 0 saturated heterocycles. The SMILES string of the molecule is CCCC12C=CC(CCC)(C=C1)c1nccnc12. The van der Waals surface area contributed by atoms with E-state index < -0.39 is 0 Å². The molecule has 4 rings (SSSR count). The highest BCUT2D eigenvalue weighted by atomic mass is 14.8. The quantitative estimate of drug-likeness (QED) is 0.750. The van der Waals surface area contributed by atoms with Crippen LogP contribution in [0, 0.1) is 0 Å². The van der Waals surface area contributed by atoms with E-state index >= 15 is 0 Å². The topological polar surface area (TPSA) is 25.8 Å². The average Bonchev–Trinajstić information content (AvgIpc) is 2.42. The van der Waals surface area contributed by atoms with Crippen LogP contribution >= 0.6 is 0 Å². The molecular formula is C16H20N2. The summed E-state index contributed by atoms with van der Waals surface area (Å²) in [4.78, 5) is 9.31. The molecule has 0 fully saturated rings. The van der Waals surface area contributed by atoms with Crippen LogP contribution in [0.25, 0.3) is 0 Å². The molecule has 0 unspecified atom stereocenters. The molecule has 2 nitrogen and oxygen atoms in total. The fourth-order valence-electron chi connectivity index (χ4n) is 3.44. The van der Waals surface area contributed by atoms with Crippen LogP contribution in [-0.4, -0.2) is 9.97 Å². The number of allylic oxidation sites excluding steroid dienone is 4. The third-order valence-corrected chi connectivity index (χ3v) is 4.26. The molecule has 0 saturated carbocycles. The number of hydrogen-bond acceptors (Lipinski definition) is 2. The zero-order chi connectivity index (χ0) is 12.6. The lowest BCUT2D eigenvalue weighted by Crippen LogP contribution is -2.40. The van der Waals surface area contributed by atoms with Crippen LogP contribution in [0.15, 0.2) is 36.7 Å². The molecule has 1 aromatic heterocycles. The van der Waals surface area contributed by atoms with E-state index in [2.05, 4.69) is 48.1 Å². The molecule has 0 aliphatic heterocycles. The summed E-state index contributed by atoms with van der Waals surface area (Å²) in [6, 6.07) is 0. The Morgan fingerprint density at radius 1 is 0.778 bits per heavy atom. The van der Waals surface area contributed by atoms with Gasteiger partial charge in [0.25, 0.3) is 0 Å². The summed E-state index contributed by atoms with van der Waals surface area (Å²) >= 11 is 0. The van der Waals surface area contributed by atoms with Crippen molar-refractivity contribution in [3.63, 3.8) is 0 Å². The molecule has 94 valence electrons. The van der Waals surface area contributed by atoms with Gasteiger partial charge in [0.05, 0.1) is 22.2 Å². The summed E-state index contributed by atoms with van der Waals surface area (Å²) in [6.07, 6.45) is 17.7. The van der Waals surface area contributed by atoms with E-state index in [4.69, 9.17) is 0 Å². The minimum absolute atomic E-state index is 0.00777. The van der Waals surface area contributed by atoms with Crippen molar-refractivity contribution >= 4 is 0 Å². The highest BCUT2D eigenvalue weighted by molar-refractivity contribution is 5.53. The van der Waals surface area contributed by atoms with Crippen molar-refractivity contribution in [1.29, 1.82) is 0 Å². The lowest BCUT2D eigenvalue weighted by molar-refractivity contribution is 0.454. The Bertz CT molecular complexity index is 455. The summed E-state index contributed by atoms with van der Waals surface area (Å²) in [5.41, 5.74) is 2.39. The van der Waals surface area contributed by atoms with Gasteiger partial charge in [-0.1, -0.05) is 51.0 Å². The van der Waals surface area contributed by atoms with Crippen molar-refractivity contribution in [2.24, 2.45) is 0 Å². The van der Waals surface area contributed by atoms with Gasteiger partial charge < -0.3 is 0 Å². The van der Waals surface area contributed by atoms with E-state index in [0.717, 1.165) is 25.7 Å². The van der Waals surface area contributed by atoms with Gasteiger partial charge in [0.1, 0.15) is 0 Å². The van der Waals surface area contributed by atoms with Gasteiger partial charge in [-0.15, -0.1) is 0 Å². The molecule has 3 aliphatic carbocycles. The monoisotopic (exact) mass is 240 g/mol. The molecule has 0 N–H and O–H groups in total. The fourth-order valence-corrected chi connectivity index (χ4v) is 3.44. The predicted octanol–water partition coefficient (Wildman–Crippen LogP) is 3.69. The molecule has 0 atom stereocenters. The fraction of sp³-hybridized carbons (Fsp3) is 0.500. The first-order chi connectivity index (χ1) is 8.76. The lowest BCUT2D eigenvalue weighted by atomic mass is 9.61. The normalized spacial score (nSPS) is 31.7. The van der Waals surface area contributed by atoms with Gasteiger partial charge in [-0.25, -0.2) is 0 Å². The molecular weight excluding hydrogens is 220 g/mol. The van der Waals surface area contributed by atoms with Gasteiger partial charge in [-0.3, -0.25) is 9.97 Å². The van der Waals surface area contributed by atoms with Gasteiger partial charge in [0, 0.05) is 12.4 Å². The van der Waals surface area contributed by atoms with Crippen molar-refractivity contribution in [2.75, 3.05) is 0 Å². The van der Waals surface area contributed by atoms with Gasteiger partial charge in [0.2, 0.25) is 0 Å². The summed E-state index contributed by atoms with van der Waals surface area (Å²) < 4.78 is 0. The summed E-state index contributed by atoms with van der Waals surface area (Å²) in [5, 5.41) is 0. The molecule has 0 radical (unpaired) electrons. The van der Waals surface area contributed by atoms with Gasteiger partial charge in [-0.05, 0) is 12.8 Å². The zero-order valence-electron chi connectivity index (χ0n) is 11.2. The Hall–Kier alpha value is -1.44. The number of hydrogen-bond donors (Lipinski definition) is 0. The number of rotatable bonds is 4. The van der Waals surface area contributed by atoms with Crippen molar-refractivity contribution in [2.45, 2.75) is 50.4 Å². The van der Waals surface area contributed by atoms with Crippen LogP contribution in [0.5, 0.6) is 0 Å². The molecule has 18 heavy (non-hydrogen) atoms. The van der Waals surface area contributed by atoms with Crippen molar-refractivity contribution in [3.05, 3.63) is 48.1 Å². The Morgan fingerprint density at radius 2 is 1.17 bits per heavy atom. The smallest absolute Gasteiger partial charge is 0.0768 e. The Balaban J connectivity index is 2.17. The highest BCUT2D eigenvalue weighted by Gasteiger charge is 2.46. The van der Waals surface area contributed by atoms with Crippen LogP contribution in [0.2, 0.25) is 0 Å². The molecule has 1 aromatic rings. The Labute approximate surface area is 109 Å². The molecule has 0 amide bonds. The summed E-state index contributed by atoms with van der Waals surface area (Å²) in [6.45, 7) is 4.46. The standard InChI is InChI=1S/C16H20N2/c1-3-5-15-7-9-16(6-4-2,10-8-15)14-13(15)17-11-12-18-14/h7-12H,3-6H2,1-2H3. The van der Waals surface area contributed by atoms with Crippen molar-refractivity contribution < 1.29 is 0 Å². The van der Waals surface area contributed by atoms with Gasteiger partial charge >= 0.3 is 0 Å². The molecule has 0 spiro atoms. The third kappa shape index (κ3) is 1.41. The second-order valence-corrected chi connectivity index (χ2v) is 5.50. The van der Waals surface area contributed by atoms with Gasteiger partial charge in [0.15, 0.2) is 0 Å². The minimum Gasteiger partial charge on any atom is -0.256 e. The Morgan fingerprint density at radius 3 is 1.50 bits per heavy atom. The van der Waals surface area contributed by atoms with Crippen molar-refractivity contribution in [3.8, 4) is 0 Å². The van der Waals surface area contributed by atoms with Crippen LogP contribution < -0.4 is 0 Å². The summed E-state index contributed by atoms with van der Waals surface area (Å²) in [7, 11) is 0. The first kappa shape index (κ1) is 11.6. The van der Waals surface area contributed by atoms with Gasteiger partial charge in [-0.2, -0.15) is 0 Å². The lowest BCUT2D eigenvalue weighted by Gasteiger charge is -2.44. The highest BCUT2D eigenvalue weighted by Crippen LogP contribution is 2.49. The molecule has 2 bridgehead atoms. The van der Waals surface area contributed by atoms with E-state index in [-0.39, 0.29) is 10.8 Å². The number of aromatic nitrogens is 2. The minimum atomic E-state index is 0.00777. The van der Waals surface area contributed by atoms with E-state index in [0.29, 0.717) is 0 Å². The second kappa shape index (κ2) is 4.04. The third-order valence-electron chi connectivity index (χ3n) is 4.26. The molecule has 3 aliphatic rings. The Kier molecular flexibility index (Phi) is 2.61. The van der Waals surface area contributed by atoms with Crippen LogP contribution in [-0.2, 0) is 10.8 Å². The van der Waals surface area contributed by atoms with Crippen LogP contribution in [0.1, 0.15) is 50.9 Å². The predicted molar refractivity (Wildman–Crippen MR) is 73.5 cm³/mol. The zero-order valence-corrected chi connectivity index (χ0v) is 11.2. The molecule has 1 heterocycles. The van der Waals surface area contributed by atoms with E-state index in [9.17, 15) is 0 Å². The maximum Gasteiger partial charge on any atom is 0.0768 e. The average molecular weight is 240 g/mol. The van der Waals surface area contributed by atoms with Crippen LogP contribution in [0.4, 0.5) is 0 Å². The maximum atomic E-state index is 4.66. The van der Waals surface area contributed by atoms with Crippen LogP contribution in [0.3, 0.4) is 0 Å². The maximum absolute atomic E-state index is 4.66. The first-order valence-corrected chi connectivity index (χ1v) is 6.99. The summed E-state index contributed by atoms with van der Waals surface area (Å²) in [5.74, 6) is 0.